The van der Waals surface area contributed by atoms with Gasteiger partial charge in [0.25, 0.3) is 0 Å². The number of nitrogen functional groups attached to an aromatic ring is 2. The summed E-state index contributed by atoms with van der Waals surface area (Å²) in [5.74, 6) is -0.383. The fraction of sp³-hybridized carbons (Fsp3) is 0.125. The molecule has 0 amide bonds. The topological polar surface area (TPSA) is 92.0 Å². The van der Waals surface area contributed by atoms with Crippen molar-refractivity contribution in [3.05, 3.63) is 48.5 Å². The van der Waals surface area contributed by atoms with Crippen molar-refractivity contribution >= 4 is 11.6 Å². The molecular formula is C16H12F5N5O. The van der Waals surface area contributed by atoms with Crippen molar-refractivity contribution in [1.82, 2.24) is 14.8 Å². The maximum Gasteiger partial charge on any atom is 0.499 e. The second-order valence-corrected chi connectivity index (χ2v) is 5.44. The van der Waals surface area contributed by atoms with Gasteiger partial charge in [0.05, 0.1) is 5.69 Å². The normalized spacial score (nSPS) is 12.2. The summed E-state index contributed by atoms with van der Waals surface area (Å²) in [6.07, 6.45) is -11.1. The van der Waals surface area contributed by atoms with Gasteiger partial charge in [-0.2, -0.15) is 31.6 Å². The Morgan fingerprint density at radius 1 is 0.852 bits per heavy atom. The van der Waals surface area contributed by atoms with E-state index in [1.54, 1.807) is 24.3 Å². The predicted octanol–water partition coefficient (Wildman–Crippen LogP) is 3.63. The predicted molar refractivity (Wildman–Crippen MR) is 87.2 cm³/mol. The lowest BCUT2D eigenvalue weighted by Crippen LogP contribution is -2.41. The summed E-state index contributed by atoms with van der Waals surface area (Å²) in [4.78, 5) is 4.09. The first-order valence-corrected chi connectivity index (χ1v) is 7.39. The first-order chi connectivity index (χ1) is 12.6. The van der Waals surface area contributed by atoms with Crippen molar-refractivity contribution in [3.8, 4) is 22.8 Å². The average Bonchev–Trinajstić information content (AvgIpc) is 2.97. The zero-order chi connectivity index (χ0) is 19.8. The molecule has 0 aliphatic carbocycles. The van der Waals surface area contributed by atoms with E-state index in [4.69, 9.17) is 11.5 Å². The van der Waals surface area contributed by atoms with Crippen molar-refractivity contribution in [1.29, 1.82) is 0 Å². The highest BCUT2D eigenvalue weighted by molar-refractivity contribution is 5.60. The minimum Gasteiger partial charge on any atom is -0.426 e. The molecule has 27 heavy (non-hydrogen) atoms. The molecule has 0 atom stereocenters. The number of benzene rings is 2. The van der Waals surface area contributed by atoms with Crippen LogP contribution in [-0.2, 0) is 0 Å². The third kappa shape index (κ3) is 3.76. The number of hydrogen-bond acceptors (Lipinski definition) is 5. The zero-order valence-electron chi connectivity index (χ0n) is 13.4. The second-order valence-electron chi connectivity index (χ2n) is 5.44. The van der Waals surface area contributed by atoms with Crippen molar-refractivity contribution in [2.45, 2.75) is 12.3 Å². The molecule has 0 aliphatic rings. The van der Waals surface area contributed by atoms with E-state index in [0.717, 1.165) is 12.1 Å². The van der Waals surface area contributed by atoms with E-state index >= 15 is 0 Å². The second kappa shape index (κ2) is 6.41. The molecule has 142 valence electrons. The van der Waals surface area contributed by atoms with Crippen LogP contribution in [0.25, 0.3) is 17.1 Å². The summed E-state index contributed by atoms with van der Waals surface area (Å²) in [6.45, 7) is 0. The van der Waals surface area contributed by atoms with Gasteiger partial charge >= 0.3 is 12.3 Å². The number of ether oxygens (including phenoxy) is 1. The first-order valence-electron chi connectivity index (χ1n) is 7.39. The molecule has 0 saturated carbocycles. The van der Waals surface area contributed by atoms with E-state index in [0.29, 0.717) is 16.9 Å². The quantitative estimate of drug-likeness (QED) is 0.529. The van der Waals surface area contributed by atoms with Crippen molar-refractivity contribution in [2.75, 3.05) is 11.5 Å². The molecule has 1 heterocycles. The highest BCUT2D eigenvalue weighted by Gasteiger charge is 2.61. The van der Waals surface area contributed by atoms with Crippen LogP contribution in [0.5, 0.6) is 5.75 Å². The molecule has 0 unspecified atom stereocenters. The van der Waals surface area contributed by atoms with Gasteiger partial charge in [-0.1, -0.05) is 0 Å². The molecule has 11 heteroatoms. The lowest BCUT2D eigenvalue weighted by Gasteiger charge is -2.20. The largest absolute Gasteiger partial charge is 0.499 e. The number of hydrogen-bond donors (Lipinski definition) is 2. The zero-order valence-corrected chi connectivity index (χ0v) is 13.4. The van der Waals surface area contributed by atoms with Gasteiger partial charge in [-0.15, -0.1) is 5.10 Å². The summed E-state index contributed by atoms with van der Waals surface area (Å²) >= 11 is 0. The Morgan fingerprint density at radius 2 is 1.44 bits per heavy atom. The van der Waals surface area contributed by atoms with Crippen LogP contribution in [0, 0.1) is 0 Å². The van der Waals surface area contributed by atoms with Crippen LogP contribution in [0.15, 0.2) is 48.5 Å². The maximum atomic E-state index is 12.9. The fourth-order valence-corrected chi connectivity index (χ4v) is 2.13. The summed E-state index contributed by atoms with van der Waals surface area (Å²) < 4.78 is 67.3. The maximum absolute atomic E-state index is 12.9. The molecule has 0 bridgehead atoms. The molecule has 0 radical (unpaired) electrons. The molecule has 3 aromatic rings. The van der Waals surface area contributed by atoms with E-state index in [9.17, 15) is 22.0 Å². The summed E-state index contributed by atoms with van der Waals surface area (Å²) in [5.41, 5.74) is 12.9. The minimum atomic E-state index is -5.82. The van der Waals surface area contributed by atoms with Crippen LogP contribution < -0.4 is 16.2 Å². The molecule has 0 spiro atoms. The van der Waals surface area contributed by atoms with E-state index in [-0.39, 0.29) is 11.8 Å². The number of nitrogens with zero attached hydrogens (tertiary/aromatic N) is 3. The van der Waals surface area contributed by atoms with E-state index in [1.165, 1.54) is 16.8 Å². The summed E-state index contributed by atoms with van der Waals surface area (Å²) in [6, 6.07) is 11.0. The Kier molecular flexibility index (Phi) is 4.38. The highest BCUT2D eigenvalue weighted by atomic mass is 19.4. The minimum absolute atomic E-state index is 0.00360. The fourth-order valence-electron chi connectivity index (χ4n) is 2.13. The molecule has 0 saturated heterocycles. The van der Waals surface area contributed by atoms with Crippen molar-refractivity contribution in [3.63, 3.8) is 0 Å². The molecule has 3 rings (SSSR count). The lowest BCUT2D eigenvalue weighted by molar-refractivity contribution is -0.360. The monoisotopic (exact) mass is 385 g/mol. The third-order valence-electron chi connectivity index (χ3n) is 3.46. The Balaban J connectivity index is 1.85. The summed E-state index contributed by atoms with van der Waals surface area (Å²) in [5, 5.41) is 4.19. The Labute approximate surface area is 149 Å². The molecule has 6 nitrogen and oxygen atoms in total. The van der Waals surface area contributed by atoms with Gasteiger partial charge in [0.1, 0.15) is 5.75 Å². The van der Waals surface area contributed by atoms with Crippen molar-refractivity contribution < 1.29 is 26.7 Å². The van der Waals surface area contributed by atoms with Gasteiger partial charge in [0.2, 0.25) is 5.95 Å². The molecule has 4 N–H and O–H groups in total. The smallest absolute Gasteiger partial charge is 0.426 e. The van der Waals surface area contributed by atoms with E-state index < -0.39 is 18.0 Å². The third-order valence-corrected chi connectivity index (χ3v) is 3.46. The number of rotatable bonds is 4. The van der Waals surface area contributed by atoms with Crippen LogP contribution in [0.3, 0.4) is 0 Å². The van der Waals surface area contributed by atoms with Gasteiger partial charge in [-0.05, 0) is 48.5 Å². The molecule has 0 aliphatic heterocycles. The number of aromatic nitrogens is 3. The van der Waals surface area contributed by atoms with Crippen LogP contribution in [0.1, 0.15) is 0 Å². The molecule has 2 aromatic carbocycles. The average molecular weight is 385 g/mol. The van der Waals surface area contributed by atoms with Gasteiger partial charge in [-0.3, -0.25) is 0 Å². The molecule has 0 fully saturated rings. The van der Waals surface area contributed by atoms with Crippen LogP contribution in [0.4, 0.5) is 33.6 Å². The van der Waals surface area contributed by atoms with Gasteiger partial charge < -0.3 is 16.2 Å². The molecular weight excluding hydrogens is 373 g/mol. The first kappa shape index (κ1) is 18.4. The number of alkyl halides is 5. The Hall–Kier alpha value is -3.37. The SMILES string of the molecule is Nc1ccc(-c2nc(N)n(-c3ccc(OC(F)(F)C(F)(F)F)cc3)n2)cc1. The number of nitrogens with two attached hydrogens (primary N) is 2. The molecule has 1 aromatic heterocycles. The van der Waals surface area contributed by atoms with Crippen LogP contribution in [-0.4, -0.2) is 27.0 Å². The van der Waals surface area contributed by atoms with Crippen LogP contribution >= 0.6 is 0 Å². The summed E-state index contributed by atoms with van der Waals surface area (Å²) in [7, 11) is 0. The standard InChI is InChI=1S/C16H12F5N5O/c17-15(18,19)16(20,21)27-12-7-5-11(6-8-12)26-14(23)24-13(25-26)9-1-3-10(22)4-2-9/h1-8H,22H2,(H2,23,24,25). The number of anilines is 2. The Morgan fingerprint density at radius 3 is 2.00 bits per heavy atom. The highest BCUT2D eigenvalue weighted by Crippen LogP contribution is 2.37. The number of halogens is 5. The van der Waals surface area contributed by atoms with Gasteiger partial charge in [-0.25, -0.2) is 0 Å². The van der Waals surface area contributed by atoms with Gasteiger partial charge in [0.15, 0.2) is 5.82 Å². The Bertz CT molecular complexity index is 935. The van der Waals surface area contributed by atoms with E-state index in [1.807, 2.05) is 0 Å². The van der Waals surface area contributed by atoms with Crippen molar-refractivity contribution in [2.24, 2.45) is 0 Å². The van der Waals surface area contributed by atoms with Gasteiger partial charge in [0, 0.05) is 11.3 Å². The lowest BCUT2D eigenvalue weighted by atomic mass is 10.2. The van der Waals surface area contributed by atoms with E-state index in [2.05, 4.69) is 14.8 Å². The van der Waals surface area contributed by atoms with Crippen LogP contribution in [0.2, 0.25) is 0 Å².